The lowest BCUT2D eigenvalue weighted by Gasteiger charge is -2.11. The maximum absolute atomic E-state index is 11.6. The van der Waals surface area contributed by atoms with Gasteiger partial charge in [0.2, 0.25) is 0 Å². The number of benzene rings is 1. The minimum Gasteiger partial charge on any atom is -0.311 e. The van der Waals surface area contributed by atoms with Crippen molar-refractivity contribution in [3.8, 4) is 0 Å². The van der Waals surface area contributed by atoms with Crippen LogP contribution in [0.1, 0.15) is 18.4 Å². The smallest absolute Gasteiger partial charge is 0.154 e. The van der Waals surface area contributed by atoms with Crippen molar-refractivity contribution in [3.63, 3.8) is 0 Å². The van der Waals surface area contributed by atoms with Gasteiger partial charge in [-0.15, -0.1) is 0 Å². The van der Waals surface area contributed by atoms with E-state index in [1.54, 1.807) is 0 Å². The number of halogens is 2. The van der Waals surface area contributed by atoms with Crippen molar-refractivity contribution < 1.29 is 8.42 Å². The van der Waals surface area contributed by atoms with Gasteiger partial charge in [0.15, 0.2) is 9.84 Å². The Morgan fingerprint density at radius 3 is 2.83 bits per heavy atom. The van der Waals surface area contributed by atoms with E-state index in [1.807, 2.05) is 18.2 Å². The van der Waals surface area contributed by atoms with Crippen molar-refractivity contribution in [2.24, 2.45) is 0 Å². The maximum atomic E-state index is 11.6. The summed E-state index contributed by atoms with van der Waals surface area (Å²) in [5.74, 6) is 0.337. The molecule has 0 amide bonds. The number of nitrogens with one attached hydrogen (secondary N) is 1. The van der Waals surface area contributed by atoms with E-state index in [0.717, 1.165) is 22.9 Å². The van der Waals surface area contributed by atoms with Gasteiger partial charge in [0.05, 0.1) is 16.0 Å². The second-order valence-corrected chi connectivity index (χ2v) is 8.17. The molecule has 0 saturated carbocycles. The van der Waals surface area contributed by atoms with Crippen LogP contribution in [0.2, 0.25) is 5.02 Å². The predicted molar refractivity (Wildman–Crippen MR) is 77.7 cm³/mol. The molecular formula is C12H15BrClNO2S. The molecule has 6 heteroatoms. The van der Waals surface area contributed by atoms with Gasteiger partial charge in [0.1, 0.15) is 0 Å². The summed E-state index contributed by atoms with van der Waals surface area (Å²) in [5.41, 5.74) is 1.05. The monoisotopic (exact) mass is 351 g/mol. The van der Waals surface area contributed by atoms with Gasteiger partial charge < -0.3 is 5.32 Å². The molecule has 0 aromatic heterocycles. The number of hydrogen-bond donors (Lipinski definition) is 1. The molecule has 18 heavy (non-hydrogen) atoms. The highest BCUT2D eigenvalue weighted by Gasteiger charge is 2.30. The first-order chi connectivity index (χ1) is 8.49. The van der Waals surface area contributed by atoms with Crippen LogP contribution in [0, 0.1) is 0 Å². The van der Waals surface area contributed by atoms with Crippen LogP contribution in [0.5, 0.6) is 0 Å². The van der Waals surface area contributed by atoms with Crippen LogP contribution in [-0.4, -0.2) is 26.0 Å². The Hall–Kier alpha value is -0.100. The van der Waals surface area contributed by atoms with Crippen LogP contribution in [0.15, 0.2) is 22.7 Å². The molecule has 1 aliphatic rings. The predicted octanol–water partition coefficient (Wildman–Crippen LogP) is 2.77. The number of sulfone groups is 1. The van der Waals surface area contributed by atoms with Crippen LogP contribution in [0.3, 0.4) is 0 Å². The van der Waals surface area contributed by atoms with Gasteiger partial charge >= 0.3 is 0 Å². The molecule has 100 valence electrons. The number of rotatable bonds is 4. The summed E-state index contributed by atoms with van der Waals surface area (Å²) in [7, 11) is -2.85. The lowest BCUT2D eigenvalue weighted by molar-refractivity contribution is 0.574. The van der Waals surface area contributed by atoms with Crippen molar-refractivity contribution in [1.82, 2.24) is 5.32 Å². The summed E-state index contributed by atoms with van der Waals surface area (Å²) >= 11 is 9.33. The van der Waals surface area contributed by atoms with E-state index in [0.29, 0.717) is 23.9 Å². The van der Waals surface area contributed by atoms with Crippen molar-refractivity contribution >= 4 is 37.4 Å². The lowest BCUT2D eigenvalue weighted by Crippen LogP contribution is -2.30. The molecule has 1 aromatic rings. The van der Waals surface area contributed by atoms with Crippen molar-refractivity contribution in [1.29, 1.82) is 0 Å². The van der Waals surface area contributed by atoms with E-state index in [2.05, 4.69) is 21.2 Å². The molecule has 1 atom stereocenters. The summed E-state index contributed by atoms with van der Waals surface area (Å²) in [6, 6.07) is 5.74. The van der Waals surface area contributed by atoms with E-state index in [4.69, 9.17) is 11.6 Å². The summed E-state index contributed by atoms with van der Waals surface area (Å²) in [6.45, 7) is 1.16. The third-order valence-corrected chi connectivity index (χ3v) is 6.66. The van der Waals surface area contributed by atoms with E-state index in [1.165, 1.54) is 0 Å². The largest absolute Gasteiger partial charge is 0.311 e. The van der Waals surface area contributed by atoms with Crippen molar-refractivity contribution in [2.75, 3.05) is 12.3 Å². The molecular weight excluding hydrogens is 338 g/mol. The minimum absolute atomic E-state index is 0.219. The molecule has 1 aromatic carbocycles. The van der Waals surface area contributed by atoms with Gasteiger partial charge in [0.25, 0.3) is 0 Å². The fourth-order valence-corrected chi connectivity index (χ4v) is 4.36. The molecule has 0 spiro atoms. The van der Waals surface area contributed by atoms with Crippen LogP contribution >= 0.6 is 27.5 Å². The normalized spacial score (nSPS) is 22.2. The number of hydrogen-bond acceptors (Lipinski definition) is 3. The molecule has 0 aliphatic carbocycles. The molecule has 0 radical (unpaired) electrons. The van der Waals surface area contributed by atoms with Gasteiger partial charge in [-0.25, -0.2) is 8.42 Å². The van der Waals surface area contributed by atoms with Gasteiger partial charge in [0, 0.05) is 17.6 Å². The molecule has 1 heterocycles. The zero-order valence-corrected chi connectivity index (χ0v) is 13.0. The average Bonchev–Trinajstić information content (AvgIpc) is 2.63. The maximum Gasteiger partial charge on any atom is 0.154 e. The van der Waals surface area contributed by atoms with E-state index in [9.17, 15) is 8.42 Å². The van der Waals surface area contributed by atoms with E-state index < -0.39 is 9.84 Å². The first-order valence-corrected chi connectivity index (χ1v) is 8.74. The van der Waals surface area contributed by atoms with Gasteiger partial charge in [-0.05, 0) is 46.5 Å². The Balaban J connectivity index is 1.87. The van der Waals surface area contributed by atoms with Crippen molar-refractivity contribution in [3.05, 3.63) is 33.3 Å². The Labute approximate surface area is 121 Å². The summed E-state index contributed by atoms with van der Waals surface area (Å²) in [5, 5.41) is 3.64. The van der Waals surface area contributed by atoms with Crippen molar-refractivity contribution in [2.45, 2.75) is 24.6 Å². The molecule has 2 rings (SSSR count). The van der Waals surface area contributed by atoms with Crippen LogP contribution in [0.4, 0.5) is 0 Å². The van der Waals surface area contributed by atoms with Gasteiger partial charge in [-0.3, -0.25) is 0 Å². The minimum atomic E-state index is -2.85. The second kappa shape index (κ2) is 5.90. The van der Waals surface area contributed by atoms with Crippen LogP contribution in [-0.2, 0) is 16.4 Å². The molecule has 1 saturated heterocycles. The summed E-state index contributed by atoms with van der Waals surface area (Å²) < 4.78 is 24.1. The summed E-state index contributed by atoms with van der Waals surface area (Å²) in [6.07, 6.45) is 1.56. The SMILES string of the molecule is O=S1(=O)CCCC1CNCc1ccc(Br)c(Cl)c1. The Morgan fingerprint density at radius 1 is 1.44 bits per heavy atom. The van der Waals surface area contributed by atoms with Crippen LogP contribution < -0.4 is 5.32 Å². The average molecular weight is 353 g/mol. The van der Waals surface area contributed by atoms with E-state index >= 15 is 0 Å². The Morgan fingerprint density at radius 2 is 2.22 bits per heavy atom. The highest BCUT2D eigenvalue weighted by Crippen LogP contribution is 2.23. The fourth-order valence-electron chi connectivity index (χ4n) is 2.11. The molecule has 3 nitrogen and oxygen atoms in total. The molecule has 1 fully saturated rings. The van der Waals surface area contributed by atoms with Gasteiger partial charge in [-0.2, -0.15) is 0 Å². The van der Waals surface area contributed by atoms with E-state index in [-0.39, 0.29) is 5.25 Å². The Bertz CT molecular complexity index is 533. The molecule has 1 N–H and O–H groups in total. The molecule has 0 bridgehead atoms. The third-order valence-electron chi connectivity index (χ3n) is 3.15. The molecule has 1 aliphatic heterocycles. The first-order valence-electron chi connectivity index (χ1n) is 5.85. The summed E-state index contributed by atoms with van der Waals surface area (Å²) in [4.78, 5) is 0. The quantitative estimate of drug-likeness (QED) is 0.906. The zero-order valence-electron chi connectivity index (χ0n) is 9.83. The Kier molecular flexibility index (Phi) is 4.69. The first kappa shape index (κ1) is 14.3. The lowest BCUT2D eigenvalue weighted by atomic mass is 10.2. The third kappa shape index (κ3) is 3.47. The van der Waals surface area contributed by atoms with Crippen LogP contribution in [0.25, 0.3) is 0 Å². The topological polar surface area (TPSA) is 46.2 Å². The second-order valence-electron chi connectivity index (χ2n) is 4.51. The highest BCUT2D eigenvalue weighted by molar-refractivity contribution is 9.10. The standard InChI is InChI=1S/C12H15BrClNO2S/c13-11-4-3-9(6-12(11)14)7-15-8-10-2-1-5-18(10,16)17/h3-4,6,10,15H,1-2,5,7-8H2. The highest BCUT2D eigenvalue weighted by atomic mass is 79.9. The van der Waals surface area contributed by atoms with Gasteiger partial charge in [-0.1, -0.05) is 17.7 Å². The fraction of sp³-hybridized carbons (Fsp3) is 0.500. The zero-order chi connectivity index (χ0) is 13.2. The molecule has 1 unspecified atom stereocenters.